The Balaban J connectivity index is 2.23. The Labute approximate surface area is 164 Å². The molecule has 0 saturated carbocycles. The van der Waals surface area contributed by atoms with Crippen LogP contribution in [0.2, 0.25) is 10.0 Å². The lowest BCUT2D eigenvalue weighted by molar-refractivity contribution is 0.714. The first-order chi connectivity index (χ1) is 12.9. The van der Waals surface area contributed by atoms with E-state index in [-0.39, 0.29) is 11.2 Å². The lowest BCUT2D eigenvalue weighted by Gasteiger charge is -2.11. The number of para-hydroxylation sites is 1. The minimum atomic E-state index is -0.383. The van der Waals surface area contributed by atoms with Crippen molar-refractivity contribution in [2.24, 2.45) is 14.1 Å². The van der Waals surface area contributed by atoms with Gasteiger partial charge in [-0.05, 0) is 29.8 Å². The van der Waals surface area contributed by atoms with E-state index in [1.54, 1.807) is 31.4 Å². The van der Waals surface area contributed by atoms with Gasteiger partial charge in [-0.3, -0.25) is 13.9 Å². The largest absolute Gasteiger partial charge is 0.330 e. The van der Waals surface area contributed by atoms with Crippen LogP contribution >= 0.6 is 23.2 Å². The first-order valence-electron chi connectivity index (χ1n) is 8.22. The molecule has 4 rings (SSSR count). The highest BCUT2D eigenvalue weighted by molar-refractivity contribution is 6.32. The average Bonchev–Trinajstić information content (AvgIpc) is 3.06. The van der Waals surface area contributed by atoms with Crippen LogP contribution in [0.3, 0.4) is 0 Å². The van der Waals surface area contributed by atoms with E-state index >= 15 is 0 Å². The predicted molar refractivity (Wildman–Crippen MR) is 109 cm³/mol. The van der Waals surface area contributed by atoms with Crippen molar-refractivity contribution in [1.82, 2.24) is 13.7 Å². The van der Waals surface area contributed by atoms with Crippen molar-refractivity contribution in [3.63, 3.8) is 0 Å². The predicted octanol–water partition coefficient (Wildman–Crippen LogP) is 4.00. The molecule has 0 saturated heterocycles. The number of aryl methyl sites for hydroxylation is 1. The fourth-order valence-electron chi connectivity index (χ4n) is 3.27. The lowest BCUT2D eigenvalue weighted by Crippen LogP contribution is -2.36. The molecule has 0 aliphatic carbocycles. The van der Waals surface area contributed by atoms with Crippen LogP contribution in [0.1, 0.15) is 0 Å². The summed E-state index contributed by atoms with van der Waals surface area (Å²) in [7, 11) is 3.12. The third-order valence-corrected chi connectivity index (χ3v) is 5.24. The number of aromatic nitrogens is 3. The van der Waals surface area contributed by atoms with Crippen molar-refractivity contribution in [3.8, 4) is 16.9 Å². The van der Waals surface area contributed by atoms with Gasteiger partial charge in [0.2, 0.25) is 0 Å². The molecule has 0 radical (unpaired) electrons. The van der Waals surface area contributed by atoms with Crippen LogP contribution in [0.25, 0.3) is 27.8 Å². The second-order valence-corrected chi connectivity index (χ2v) is 7.12. The number of halogens is 2. The van der Waals surface area contributed by atoms with Gasteiger partial charge in [0.05, 0.1) is 27.3 Å². The van der Waals surface area contributed by atoms with Gasteiger partial charge >= 0.3 is 5.69 Å². The van der Waals surface area contributed by atoms with Crippen molar-refractivity contribution in [2.45, 2.75) is 0 Å². The zero-order chi connectivity index (χ0) is 19.3. The quantitative estimate of drug-likeness (QED) is 0.511. The summed E-state index contributed by atoms with van der Waals surface area (Å²) in [5.74, 6) is 0. The van der Waals surface area contributed by atoms with Crippen molar-refractivity contribution in [3.05, 3.63) is 85.6 Å². The highest BCUT2D eigenvalue weighted by Crippen LogP contribution is 2.33. The van der Waals surface area contributed by atoms with Crippen LogP contribution < -0.4 is 11.2 Å². The topological polar surface area (TPSA) is 48.9 Å². The smallest absolute Gasteiger partial charge is 0.312 e. The minimum Gasteiger partial charge on any atom is -0.312 e. The van der Waals surface area contributed by atoms with Gasteiger partial charge in [0.1, 0.15) is 0 Å². The standard InChI is InChI=1S/C20H15Cl2N3O2/c1-23-16-11-25(15-6-4-3-5-14(15)22)18(12-7-9-13(21)10-8-12)17(16)19(26)24(2)20(23)27/h3-11H,1-2H3. The summed E-state index contributed by atoms with van der Waals surface area (Å²) < 4.78 is 4.42. The summed E-state index contributed by atoms with van der Waals surface area (Å²) in [6, 6.07) is 14.6. The summed E-state index contributed by atoms with van der Waals surface area (Å²) in [4.78, 5) is 25.4. The van der Waals surface area contributed by atoms with Crippen molar-refractivity contribution >= 4 is 34.1 Å². The molecule has 0 spiro atoms. The summed E-state index contributed by atoms with van der Waals surface area (Å²) in [6.07, 6.45) is 1.77. The number of rotatable bonds is 2. The zero-order valence-electron chi connectivity index (χ0n) is 14.6. The Bertz CT molecular complexity index is 1300. The molecule has 0 N–H and O–H groups in total. The molecule has 0 atom stereocenters. The van der Waals surface area contributed by atoms with E-state index in [9.17, 15) is 9.59 Å². The Morgan fingerprint density at radius 1 is 0.852 bits per heavy atom. The van der Waals surface area contributed by atoms with Gasteiger partial charge in [-0.1, -0.05) is 47.5 Å². The Kier molecular flexibility index (Phi) is 4.21. The summed E-state index contributed by atoms with van der Waals surface area (Å²) in [5.41, 5.74) is 1.97. The van der Waals surface area contributed by atoms with Crippen LogP contribution in [-0.4, -0.2) is 13.7 Å². The van der Waals surface area contributed by atoms with E-state index < -0.39 is 0 Å². The monoisotopic (exact) mass is 399 g/mol. The second-order valence-electron chi connectivity index (χ2n) is 6.27. The average molecular weight is 400 g/mol. The van der Waals surface area contributed by atoms with Crippen molar-refractivity contribution in [2.75, 3.05) is 0 Å². The lowest BCUT2D eigenvalue weighted by atomic mass is 10.1. The maximum absolute atomic E-state index is 13.0. The summed E-state index contributed by atoms with van der Waals surface area (Å²) >= 11 is 12.5. The van der Waals surface area contributed by atoms with Crippen LogP contribution in [0.5, 0.6) is 0 Å². The molecule has 0 aliphatic heterocycles. The number of benzene rings is 2. The molecule has 7 heteroatoms. The molecular weight excluding hydrogens is 385 g/mol. The Morgan fingerprint density at radius 3 is 2.19 bits per heavy atom. The van der Waals surface area contributed by atoms with Gasteiger partial charge < -0.3 is 4.57 Å². The van der Waals surface area contributed by atoms with Gasteiger partial charge in [0.15, 0.2) is 0 Å². The fourth-order valence-corrected chi connectivity index (χ4v) is 3.62. The van der Waals surface area contributed by atoms with Gasteiger partial charge in [-0.2, -0.15) is 0 Å². The van der Waals surface area contributed by atoms with E-state index in [2.05, 4.69) is 0 Å². The highest BCUT2D eigenvalue weighted by atomic mass is 35.5. The molecule has 5 nitrogen and oxygen atoms in total. The molecule has 4 aromatic rings. The van der Waals surface area contributed by atoms with Gasteiger partial charge in [0.25, 0.3) is 5.56 Å². The molecule has 136 valence electrons. The Hall–Kier alpha value is -2.76. The zero-order valence-corrected chi connectivity index (χ0v) is 16.1. The van der Waals surface area contributed by atoms with Crippen LogP contribution in [0.15, 0.2) is 64.3 Å². The molecule has 2 aromatic heterocycles. The van der Waals surface area contributed by atoms with E-state index in [0.717, 1.165) is 15.8 Å². The summed E-state index contributed by atoms with van der Waals surface area (Å²) in [5, 5.41) is 1.58. The Morgan fingerprint density at radius 2 is 1.52 bits per heavy atom. The van der Waals surface area contributed by atoms with Crippen molar-refractivity contribution < 1.29 is 0 Å². The first-order valence-corrected chi connectivity index (χ1v) is 8.97. The summed E-state index contributed by atoms with van der Waals surface area (Å²) in [6.45, 7) is 0. The number of nitrogens with zero attached hydrogens (tertiary/aromatic N) is 3. The van der Waals surface area contributed by atoms with E-state index in [4.69, 9.17) is 23.2 Å². The normalized spacial score (nSPS) is 11.3. The van der Waals surface area contributed by atoms with Crippen molar-refractivity contribution in [1.29, 1.82) is 0 Å². The van der Waals surface area contributed by atoms with Gasteiger partial charge in [0, 0.05) is 25.3 Å². The molecule has 0 amide bonds. The third kappa shape index (κ3) is 2.71. The molecule has 2 aromatic carbocycles. The molecule has 2 heterocycles. The van der Waals surface area contributed by atoms with E-state index in [1.807, 2.05) is 34.9 Å². The number of hydrogen-bond acceptors (Lipinski definition) is 2. The minimum absolute atomic E-state index is 0.358. The van der Waals surface area contributed by atoms with Gasteiger partial charge in [-0.25, -0.2) is 4.79 Å². The molecule has 0 unspecified atom stereocenters. The fraction of sp³-hybridized carbons (Fsp3) is 0.100. The van der Waals surface area contributed by atoms with E-state index in [0.29, 0.717) is 26.6 Å². The number of fused-ring (bicyclic) bond motifs is 1. The SMILES string of the molecule is Cn1c(=O)c2c(-c3ccc(Cl)cc3)n(-c3ccccc3Cl)cc2n(C)c1=O. The third-order valence-electron chi connectivity index (χ3n) is 4.67. The van der Waals surface area contributed by atoms with E-state index in [1.165, 1.54) is 11.6 Å². The first kappa shape index (κ1) is 17.6. The maximum Gasteiger partial charge on any atom is 0.330 e. The molecule has 0 bridgehead atoms. The molecular formula is C20H15Cl2N3O2. The highest BCUT2D eigenvalue weighted by Gasteiger charge is 2.21. The van der Waals surface area contributed by atoms with Gasteiger partial charge in [-0.15, -0.1) is 0 Å². The molecule has 0 aliphatic rings. The molecule has 27 heavy (non-hydrogen) atoms. The number of hydrogen-bond donors (Lipinski definition) is 0. The van der Waals surface area contributed by atoms with Crippen LogP contribution in [-0.2, 0) is 14.1 Å². The van der Waals surface area contributed by atoms with Crippen LogP contribution in [0.4, 0.5) is 0 Å². The maximum atomic E-state index is 13.0. The second kappa shape index (κ2) is 6.44. The molecule has 0 fully saturated rings. The van der Waals surface area contributed by atoms with Crippen LogP contribution in [0, 0.1) is 0 Å².